The minimum absolute atomic E-state index is 0.283. The molecule has 0 radical (unpaired) electrons. The average Bonchev–Trinajstić information content (AvgIpc) is 1.87. The molecule has 0 aliphatic heterocycles. The Morgan fingerprint density at radius 2 is 2.20 bits per heavy atom. The van der Waals surface area contributed by atoms with Crippen molar-refractivity contribution in [3.63, 3.8) is 0 Å². The molecule has 0 aromatic heterocycles. The van der Waals surface area contributed by atoms with Crippen LogP contribution in [0.5, 0.6) is 0 Å². The average molecular weight is 142 g/mol. The molecule has 0 rings (SSSR count). The van der Waals surface area contributed by atoms with Crippen LogP contribution in [0.15, 0.2) is 10.1 Å². The van der Waals surface area contributed by atoms with Crippen LogP contribution in [0.1, 0.15) is 20.8 Å². The van der Waals surface area contributed by atoms with E-state index in [0.717, 1.165) is 6.54 Å². The van der Waals surface area contributed by atoms with Gasteiger partial charge in [0.05, 0.1) is 0 Å². The second-order valence-electron chi connectivity index (χ2n) is 2.19. The SMILES string of the molecule is C=NOC(=NCC)C(C)C. The lowest BCUT2D eigenvalue weighted by Crippen LogP contribution is -2.09. The van der Waals surface area contributed by atoms with Crippen LogP contribution in [0.2, 0.25) is 0 Å². The summed E-state index contributed by atoms with van der Waals surface area (Å²) in [4.78, 5) is 8.88. The molecule has 0 fully saturated rings. The first-order valence-corrected chi connectivity index (χ1v) is 3.39. The number of nitrogens with zero attached hydrogens (tertiary/aromatic N) is 2. The first-order chi connectivity index (χ1) is 4.72. The van der Waals surface area contributed by atoms with E-state index in [1.807, 2.05) is 20.8 Å². The van der Waals surface area contributed by atoms with Crippen LogP contribution in [-0.2, 0) is 4.84 Å². The molecule has 0 aliphatic rings. The molecule has 0 spiro atoms. The van der Waals surface area contributed by atoms with Crippen molar-refractivity contribution >= 4 is 12.6 Å². The quantitative estimate of drug-likeness (QED) is 0.335. The maximum atomic E-state index is 4.81. The standard InChI is InChI=1S/C7H14N2O/c1-5-9-7(6(2)3)10-8-4/h6H,4-5H2,1-3H3. The van der Waals surface area contributed by atoms with Gasteiger partial charge in [0.2, 0.25) is 5.90 Å². The van der Waals surface area contributed by atoms with Gasteiger partial charge in [0.1, 0.15) is 0 Å². The van der Waals surface area contributed by atoms with Crippen LogP contribution in [0, 0.1) is 5.92 Å². The molecule has 0 bridgehead atoms. The first kappa shape index (κ1) is 9.14. The molecule has 0 saturated carbocycles. The molecule has 3 nitrogen and oxygen atoms in total. The molecule has 0 aromatic carbocycles. The molecule has 0 N–H and O–H groups in total. The first-order valence-electron chi connectivity index (χ1n) is 3.39. The largest absolute Gasteiger partial charge is 0.342 e. The van der Waals surface area contributed by atoms with Gasteiger partial charge in [-0.2, -0.15) is 0 Å². The summed E-state index contributed by atoms with van der Waals surface area (Å²) in [6.07, 6.45) is 0. The predicted octanol–water partition coefficient (Wildman–Crippen LogP) is 1.69. The Balaban J connectivity index is 3.96. The third kappa shape index (κ3) is 3.22. The van der Waals surface area contributed by atoms with E-state index in [2.05, 4.69) is 16.9 Å². The van der Waals surface area contributed by atoms with Gasteiger partial charge in [0.25, 0.3) is 0 Å². The van der Waals surface area contributed by atoms with Gasteiger partial charge < -0.3 is 4.84 Å². The molecule has 0 aliphatic carbocycles. The summed E-state index contributed by atoms with van der Waals surface area (Å²) in [6, 6.07) is 0. The second-order valence-corrected chi connectivity index (χ2v) is 2.19. The van der Waals surface area contributed by atoms with Crippen molar-refractivity contribution in [1.29, 1.82) is 0 Å². The summed E-state index contributed by atoms with van der Waals surface area (Å²) < 4.78 is 0. The fraction of sp³-hybridized carbons (Fsp3) is 0.714. The molecule has 0 heterocycles. The lowest BCUT2D eigenvalue weighted by Gasteiger charge is -2.04. The van der Waals surface area contributed by atoms with E-state index in [-0.39, 0.29) is 5.92 Å². The monoisotopic (exact) mass is 142 g/mol. The summed E-state index contributed by atoms with van der Waals surface area (Å²) in [5.74, 6) is 0.933. The maximum Gasteiger partial charge on any atom is 0.222 e. The highest BCUT2D eigenvalue weighted by atomic mass is 16.6. The fourth-order valence-corrected chi connectivity index (χ4v) is 0.539. The molecule has 0 atom stereocenters. The molecule has 3 heteroatoms. The predicted molar refractivity (Wildman–Crippen MR) is 43.4 cm³/mol. The van der Waals surface area contributed by atoms with Gasteiger partial charge in [-0.25, -0.2) is 0 Å². The van der Waals surface area contributed by atoms with Crippen molar-refractivity contribution in [2.24, 2.45) is 16.1 Å². The Bertz CT molecular complexity index is 130. The van der Waals surface area contributed by atoms with E-state index in [1.165, 1.54) is 0 Å². The molecular formula is C7H14N2O. The van der Waals surface area contributed by atoms with Crippen molar-refractivity contribution in [2.45, 2.75) is 20.8 Å². The van der Waals surface area contributed by atoms with Gasteiger partial charge in [-0.1, -0.05) is 19.0 Å². The van der Waals surface area contributed by atoms with Crippen molar-refractivity contribution in [2.75, 3.05) is 6.54 Å². The van der Waals surface area contributed by atoms with Gasteiger partial charge in [0, 0.05) is 19.2 Å². The highest BCUT2D eigenvalue weighted by Crippen LogP contribution is 1.98. The molecule has 0 aromatic rings. The second kappa shape index (κ2) is 4.97. The van der Waals surface area contributed by atoms with Crippen molar-refractivity contribution in [3.05, 3.63) is 0 Å². The minimum Gasteiger partial charge on any atom is -0.342 e. The fourth-order valence-electron chi connectivity index (χ4n) is 0.539. The van der Waals surface area contributed by atoms with Gasteiger partial charge >= 0.3 is 0 Å². The highest BCUT2D eigenvalue weighted by molar-refractivity contribution is 5.77. The summed E-state index contributed by atoms with van der Waals surface area (Å²) in [6.45, 7) is 9.89. The van der Waals surface area contributed by atoms with Crippen LogP contribution in [0.3, 0.4) is 0 Å². The third-order valence-corrected chi connectivity index (χ3v) is 0.966. The zero-order chi connectivity index (χ0) is 7.98. The molecular weight excluding hydrogens is 128 g/mol. The van der Waals surface area contributed by atoms with Crippen LogP contribution in [0.4, 0.5) is 0 Å². The van der Waals surface area contributed by atoms with E-state index >= 15 is 0 Å². The number of hydrogen-bond donors (Lipinski definition) is 0. The molecule has 0 saturated heterocycles. The summed E-state index contributed by atoms with van der Waals surface area (Å²) >= 11 is 0. The molecule has 0 amide bonds. The number of oxime groups is 1. The molecule has 10 heavy (non-hydrogen) atoms. The van der Waals surface area contributed by atoms with Gasteiger partial charge in [-0.15, -0.1) is 0 Å². The van der Waals surface area contributed by atoms with E-state index in [4.69, 9.17) is 4.84 Å². The number of aliphatic imine (C=N–C) groups is 1. The van der Waals surface area contributed by atoms with Crippen LogP contribution >= 0.6 is 0 Å². The molecule has 58 valence electrons. The zero-order valence-corrected chi connectivity index (χ0v) is 6.79. The van der Waals surface area contributed by atoms with Crippen molar-refractivity contribution in [3.8, 4) is 0 Å². The Kier molecular flexibility index (Phi) is 4.54. The Labute approximate surface area is 61.8 Å². The normalized spacial score (nSPS) is 11.8. The summed E-state index contributed by atoms with van der Waals surface area (Å²) in [7, 11) is 0. The Morgan fingerprint density at radius 3 is 2.50 bits per heavy atom. The van der Waals surface area contributed by atoms with Crippen LogP contribution < -0.4 is 0 Å². The lowest BCUT2D eigenvalue weighted by molar-refractivity contribution is 0.308. The minimum atomic E-state index is 0.283. The Hall–Kier alpha value is -0.860. The van der Waals surface area contributed by atoms with Gasteiger partial charge in [-0.3, -0.25) is 4.99 Å². The summed E-state index contributed by atoms with van der Waals surface area (Å²) in [5.41, 5.74) is 0. The number of hydrogen-bond acceptors (Lipinski definition) is 3. The third-order valence-electron chi connectivity index (χ3n) is 0.966. The number of rotatable bonds is 3. The van der Waals surface area contributed by atoms with Crippen LogP contribution in [-0.4, -0.2) is 19.2 Å². The topological polar surface area (TPSA) is 34.0 Å². The van der Waals surface area contributed by atoms with E-state index in [0.29, 0.717) is 5.90 Å². The van der Waals surface area contributed by atoms with Crippen molar-refractivity contribution in [1.82, 2.24) is 0 Å². The van der Waals surface area contributed by atoms with E-state index in [1.54, 1.807) is 0 Å². The smallest absolute Gasteiger partial charge is 0.222 e. The molecule has 0 unspecified atom stereocenters. The van der Waals surface area contributed by atoms with Crippen LogP contribution in [0.25, 0.3) is 0 Å². The van der Waals surface area contributed by atoms with Gasteiger partial charge in [-0.05, 0) is 6.92 Å². The maximum absolute atomic E-state index is 4.81. The van der Waals surface area contributed by atoms with Gasteiger partial charge in [0.15, 0.2) is 0 Å². The van der Waals surface area contributed by atoms with Crippen molar-refractivity contribution < 1.29 is 4.84 Å². The zero-order valence-electron chi connectivity index (χ0n) is 6.79. The summed E-state index contributed by atoms with van der Waals surface area (Å²) in [5, 5.41) is 3.30. The highest BCUT2D eigenvalue weighted by Gasteiger charge is 2.04. The lowest BCUT2D eigenvalue weighted by atomic mass is 10.2. The Morgan fingerprint density at radius 1 is 1.60 bits per heavy atom. The van der Waals surface area contributed by atoms with E-state index in [9.17, 15) is 0 Å². The van der Waals surface area contributed by atoms with E-state index < -0.39 is 0 Å².